The second kappa shape index (κ2) is 8.62. The van der Waals surface area contributed by atoms with Crippen molar-refractivity contribution in [2.45, 2.75) is 6.42 Å². The van der Waals surface area contributed by atoms with Gasteiger partial charge in [0.1, 0.15) is 5.82 Å². The minimum absolute atomic E-state index is 0.100. The third-order valence-corrected chi connectivity index (χ3v) is 4.12. The average Bonchev–Trinajstić information content (AvgIpc) is 3.05. The van der Waals surface area contributed by atoms with Crippen molar-refractivity contribution in [1.29, 1.82) is 0 Å². The highest BCUT2D eigenvalue weighted by atomic mass is 19.1. The van der Waals surface area contributed by atoms with E-state index in [9.17, 15) is 14.0 Å². The van der Waals surface area contributed by atoms with Crippen LogP contribution in [0.5, 0.6) is 0 Å². The number of fused-ring (bicyclic) bond motifs is 1. The SMILES string of the molecule is CN(C)CCCNC(=O)c1nc(C(=O)Nc2cccc(F)c2)c2ccccn12. The minimum Gasteiger partial charge on any atom is -0.349 e. The fraction of sp³-hybridized carbons (Fsp3) is 0.250. The molecule has 0 saturated heterocycles. The summed E-state index contributed by atoms with van der Waals surface area (Å²) >= 11 is 0. The van der Waals surface area contributed by atoms with E-state index in [2.05, 4.69) is 15.6 Å². The van der Waals surface area contributed by atoms with Gasteiger partial charge in [0, 0.05) is 18.4 Å². The lowest BCUT2D eigenvalue weighted by atomic mass is 10.2. The Bertz CT molecular complexity index is 999. The molecule has 8 heteroatoms. The van der Waals surface area contributed by atoms with Crippen LogP contribution in [0.15, 0.2) is 48.7 Å². The maximum absolute atomic E-state index is 13.4. The minimum atomic E-state index is -0.513. The van der Waals surface area contributed by atoms with Gasteiger partial charge in [-0.25, -0.2) is 9.37 Å². The predicted octanol–water partition coefficient (Wildman–Crippen LogP) is 2.41. The van der Waals surface area contributed by atoms with Crippen LogP contribution < -0.4 is 10.6 Å². The molecule has 146 valence electrons. The second-order valence-corrected chi connectivity index (χ2v) is 6.62. The zero-order valence-corrected chi connectivity index (χ0v) is 15.8. The topological polar surface area (TPSA) is 78.7 Å². The normalized spacial score (nSPS) is 11.0. The van der Waals surface area contributed by atoms with Crippen LogP contribution in [0.1, 0.15) is 27.5 Å². The van der Waals surface area contributed by atoms with Crippen molar-refractivity contribution in [3.8, 4) is 0 Å². The van der Waals surface area contributed by atoms with E-state index in [0.29, 0.717) is 17.7 Å². The van der Waals surface area contributed by atoms with E-state index in [1.54, 1.807) is 34.9 Å². The lowest BCUT2D eigenvalue weighted by Gasteiger charge is -2.09. The molecule has 0 saturated carbocycles. The fourth-order valence-electron chi connectivity index (χ4n) is 2.80. The number of amides is 2. The molecule has 0 spiro atoms. The monoisotopic (exact) mass is 383 g/mol. The molecule has 2 aromatic heterocycles. The number of rotatable bonds is 7. The number of carbonyl (C=O) groups is 2. The van der Waals surface area contributed by atoms with Gasteiger partial charge in [0.25, 0.3) is 11.8 Å². The number of nitrogens with zero attached hydrogens (tertiary/aromatic N) is 3. The second-order valence-electron chi connectivity index (χ2n) is 6.62. The van der Waals surface area contributed by atoms with Crippen molar-refractivity contribution >= 4 is 23.0 Å². The van der Waals surface area contributed by atoms with Gasteiger partial charge in [0.2, 0.25) is 5.82 Å². The molecule has 28 heavy (non-hydrogen) atoms. The third-order valence-electron chi connectivity index (χ3n) is 4.12. The number of halogens is 1. The molecular formula is C20H22FN5O2. The molecule has 0 atom stereocenters. The van der Waals surface area contributed by atoms with Crippen molar-refractivity contribution < 1.29 is 14.0 Å². The molecule has 3 rings (SSSR count). The molecule has 2 heterocycles. The number of imidazole rings is 1. The fourth-order valence-corrected chi connectivity index (χ4v) is 2.80. The molecule has 1 aromatic carbocycles. The predicted molar refractivity (Wildman–Crippen MR) is 105 cm³/mol. The zero-order valence-electron chi connectivity index (χ0n) is 15.8. The number of pyridine rings is 1. The van der Waals surface area contributed by atoms with Crippen LogP contribution in [0.25, 0.3) is 5.52 Å². The highest BCUT2D eigenvalue weighted by Gasteiger charge is 2.21. The Labute approximate surface area is 162 Å². The van der Waals surface area contributed by atoms with Crippen molar-refractivity contribution in [2.24, 2.45) is 0 Å². The summed E-state index contributed by atoms with van der Waals surface area (Å²) in [7, 11) is 3.93. The summed E-state index contributed by atoms with van der Waals surface area (Å²) in [5.74, 6) is -1.19. The zero-order chi connectivity index (χ0) is 20.1. The van der Waals surface area contributed by atoms with Crippen LogP contribution in [0.2, 0.25) is 0 Å². The van der Waals surface area contributed by atoms with E-state index < -0.39 is 11.7 Å². The van der Waals surface area contributed by atoms with E-state index in [0.717, 1.165) is 13.0 Å². The number of hydrogen-bond acceptors (Lipinski definition) is 4. The number of anilines is 1. The average molecular weight is 383 g/mol. The quantitative estimate of drug-likeness (QED) is 0.614. The Morgan fingerprint density at radius 1 is 1.14 bits per heavy atom. The van der Waals surface area contributed by atoms with Gasteiger partial charge in [-0.15, -0.1) is 0 Å². The number of carbonyl (C=O) groups excluding carboxylic acids is 2. The van der Waals surface area contributed by atoms with Gasteiger partial charge in [0.05, 0.1) is 5.52 Å². The summed E-state index contributed by atoms with van der Waals surface area (Å²) in [6, 6.07) is 10.8. The molecule has 2 amide bonds. The Morgan fingerprint density at radius 2 is 1.96 bits per heavy atom. The van der Waals surface area contributed by atoms with Crippen molar-refractivity contribution in [3.63, 3.8) is 0 Å². The first-order chi connectivity index (χ1) is 13.5. The lowest BCUT2D eigenvalue weighted by Crippen LogP contribution is -2.28. The van der Waals surface area contributed by atoms with Crippen molar-refractivity contribution in [3.05, 3.63) is 66.0 Å². The van der Waals surface area contributed by atoms with Gasteiger partial charge in [0.15, 0.2) is 5.69 Å². The van der Waals surface area contributed by atoms with E-state index in [-0.39, 0.29) is 17.4 Å². The van der Waals surface area contributed by atoms with E-state index in [4.69, 9.17) is 0 Å². The summed E-state index contributed by atoms with van der Waals surface area (Å²) in [5, 5.41) is 5.44. The Hall–Kier alpha value is -3.26. The smallest absolute Gasteiger partial charge is 0.287 e. The van der Waals surface area contributed by atoms with Crippen LogP contribution in [-0.2, 0) is 0 Å². The highest BCUT2D eigenvalue weighted by molar-refractivity contribution is 6.08. The first-order valence-electron chi connectivity index (χ1n) is 8.92. The largest absolute Gasteiger partial charge is 0.349 e. The van der Waals surface area contributed by atoms with Gasteiger partial charge in [-0.3, -0.25) is 14.0 Å². The number of benzene rings is 1. The van der Waals surface area contributed by atoms with E-state index in [1.165, 1.54) is 18.2 Å². The number of hydrogen-bond donors (Lipinski definition) is 2. The molecule has 0 unspecified atom stereocenters. The summed E-state index contributed by atoms with van der Waals surface area (Å²) in [4.78, 5) is 31.5. The molecule has 2 N–H and O–H groups in total. The lowest BCUT2D eigenvalue weighted by molar-refractivity contribution is 0.0941. The van der Waals surface area contributed by atoms with Crippen LogP contribution in [0.4, 0.5) is 10.1 Å². The van der Waals surface area contributed by atoms with Crippen LogP contribution in [-0.4, -0.2) is 53.3 Å². The molecule has 0 bridgehead atoms. The van der Waals surface area contributed by atoms with Gasteiger partial charge < -0.3 is 15.5 Å². The molecule has 0 aliphatic carbocycles. The third kappa shape index (κ3) is 4.52. The van der Waals surface area contributed by atoms with Crippen molar-refractivity contribution in [1.82, 2.24) is 19.6 Å². The molecule has 3 aromatic rings. The molecule has 0 aliphatic heterocycles. The Morgan fingerprint density at radius 3 is 2.71 bits per heavy atom. The molecule has 0 aliphatic rings. The maximum Gasteiger partial charge on any atom is 0.287 e. The summed E-state index contributed by atoms with van der Waals surface area (Å²) in [6.45, 7) is 1.35. The van der Waals surface area contributed by atoms with Crippen LogP contribution in [0, 0.1) is 5.82 Å². The summed E-state index contributed by atoms with van der Waals surface area (Å²) < 4.78 is 14.9. The van der Waals surface area contributed by atoms with Crippen LogP contribution in [0.3, 0.4) is 0 Å². The highest BCUT2D eigenvalue weighted by Crippen LogP contribution is 2.16. The molecule has 0 fully saturated rings. The number of nitrogens with one attached hydrogen (secondary N) is 2. The first kappa shape index (κ1) is 19.5. The van der Waals surface area contributed by atoms with Crippen molar-refractivity contribution in [2.75, 3.05) is 32.5 Å². The Kier molecular flexibility index (Phi) is 6.00. The van der Waals surface area contributed by atoms with Gasteiger partial charge >= 0.3 is 0 Å². The standard InChI is InChI=1S/C20H22FN5O2/c1-25(2)11-6-10-22-20(28)18-24-17(16-9-3-4-12-26(16)18)19(27)23-15-8-5-7-14(21)13-15/h3-5,7-9,12-13H,6,10-11H2,1-2H3,(H,22,28)(H,23,27). The summed E-state index contributed by atoms with van der Waals surface area (Å²) in [6.07, 6.45) is 2.48. The Balaban J connectivity index is 1.82. The first-order valence-corrected chi connectivity index (χ1v) is 8.92. The molecular weight excluding hydrogens is 361 g/mol. The van der Waals surface area contributed by atoms with Crippen LogP contribution >= 0.6 is 0 Å². The van der Waals surface area contributed by atoms with E-state index >= 15 is 0 Å². The summed E-state index contributed by atoms with van der Waals surface area (Å²) in [5.41, 5.74) is 0.912. The van der Waals surface area contributed by atoms with Gasteiger partial charge in [-0.1, -0.05) is 12.1 Å². The molecule has 0 radical (unpaired) electrons. The van der Waals surface area contributed by atoms with Gasteiger partial charge in [-0.2, -0.15) is 0 Å². The number of aromatic nitrogens is 2. The maximum atomic E-state index is 13.4. The molecule has 7 nitrogen and oxygen atoms in total. The van der Waals surface area contributed by atoms with Gasteiger partial charge in [-0.05, 0) is 57.4 Å². The van der Waals surface area contributed by atoms with E-state index in [1.807, 2.05) is 19.0 Å².